The molecule has 0 atom stereocenters. The lowest BCUT2D eigenvalue weighted by Gasteiger charge is -2.08. The second kappa shape index (κ2) is 9.70. The van der Waals surface area contributed by atoms with Gasteiger partial charge in [-0.15, -0.1) is 0 Å². The van der Waals surface area contributed by atoms with E-state index in [-0.39, 0.29) is 5.91 Å². The number of unbranched alkanes of at least 4 members (excludes halogenated alkanes) is 2. The minimum Gasteiger partial charge on any atom is -0.494 e. The average Bonchev–Trinajstić information content (AvgIpc) is 2.72. The summed E-state index contributed by atoms with van der Waals surface area (Å²) in [7, 11) is 0. The Morgan fingerprint density at radius 1 is 1.04 bits per heavy atom. The highest BCUT2D eigenvalue weighted by Gasteiger charge is 2.12. The predicted octanol–water partition coefficient (Wildman–Crippen LogP) is 5.48. The third-order valence-corrected chi connectivity index (χ3v) is 4.64. The lowest BCUT2D eigenvalue weighted by atomic mass is 9.99. The summed E-state index contributed by atoms with van der Waals surface area (Å²) >= 11 is 0. The van der Waals surface area contributed by atoms with Gasteiger partial charge in [0.1, 0.15) is 5.75 Å². The Bertz CT molecular complexity index is 962. The number of fused-ring (bicyclic) bond motifs is 1. The fraction of sp³-hybridized carbons (Fsp3) is 0.250. The Hall–Kier alpha value is -3.14. The SMILES string of the molecule is CCCCCOc1ccc(/C=N\NC(=O)c2c(C)ccc3ccccc23)cc1. The molecule has 4 heteroatoms. The van der Waals surface area contributed by atoms with Crippen LogP contribution in [0.4, 0.5) is 0 Å². The highest BCUT2D eigenvalue weighted by Crippen LogP contribution is 2.22. The van der Waals surface area contributed by atoms with Crippen molar-refractivity contribution in [3.63, 3.8) is 0 Å². The first kappa shape index (κ1) is 19.6. The molecule has 4 nitrogen and oxygen atoms in total. The number of ether oxygens (including phenoxy) is 1. The van der Waals surface area contributed by atoms with Gasteiger partial charge in [-0.2, -0.15) is 5.10 Å². The third kappa shape index (κ3) is 4.97. The molecule has 28 heavy (non-hydrogen) atoms. The molecule has 0 aromatic heterocycles. The van der Waals surface area contributed by atoms with E-state index in [0.29, 0.717) is 5.56 Å². The molecule has 1 amide bonds. The topological polar surface area (TPSA) is 50.7 Å². The van der Waals surface area contributed by atoms with Crippen LogP contribution >= 0.6 is 0 Å². The van der Waals surface area contributed by atoms with Gasteiger partial charge in [-0.3, -0.25) is 4.79 Å². The Morgan fingerprint density at radius 3 is 2.61 bits per heavy atom. The van der Waals surface area contributed by atoms with E-state index in [1.165, 1.54) is 12.8 Å². The van der Waals surface area contributed by atoms with Gasteiger partial charge in [-0.1, -0.05) is 56.2 Å². The smallest absolute Gasteiger partial charge is 0.272 e. The summed E-state index contributed by atoms with van der Waals surface area (Å²) in [6.07, 6.45) is 5.07. The largest absolute Gasteiger partial charge is 0.494 e. The van der Waals surface area contributed by atoms with Crippen molar-refractivity contribution in [1.29, 1.82) is 0 Å². The quantitative estimate of drug-likeness (QED) is 0.322. The zero-order chi connectivity index (χ0) is 19.8. The molecule has 0 saturated heterocycles. The number of hydrogen-bond acceptors (Lipinski definition) is 3. The van der Waals surface area contributed by atoms with Gasteiger partial charge in [0.05, 0.1) is 18.4 Å². The van der Waals surface area contributed by atoms with Gasteiger partial charge in [-0.05, 0) is 59.5 Å². The Labute approximate surface area is 166 Å². The highest BCUT2D eigenvalue weighted by atomic mass is 16.5. The van der Waals surface area contributed by atoms with Crippen LogP contribution in [0.5, 0.6) is 5.75 Å². The standard InChI is InChI=1S/C24H26N2O2/c1-3-4-7-16-28-21-14-11-19(12-15-21)17-25-26-24(27)23-18(2)10-13-20-8-5-6-9-22(20)23/h5-6,8-15,17H,3-4,7,16H2,1-2H3,(H,26,27)/b25-17-. The van der Waals surface area contributed by atoms with E-state index in [1.807, 2.05) is 67.6 Å². The number of carbonyl (C=O) groups excluding carboxylic acids is 1. The van der Waals surface area contributed by atoms with Gasteiger partial charge in [0.15, 0.2) is 0 Å². The van der Waals surface area contributed by atoms with Crippen LogP contribution in [0.3, 0.4) is 0 Å². The summed E-state index contributed by atoms with van der Waals surface area (Å²) in [5, 5.41) is 6.09. The fourth-order valence-electron chi connectivity index (χ4n) is 3.10. The second-order valence-corrected chi connectivity index (χ2v) is 6.80. The molecule has 0 spiro atoms. The molecule has 1 N–H and O–H groups in total. The van der Waals surface area contributed by atoms with Gasteiger partial charge in [0, 0.05) is 0 Å². The van der Waals surface area contributed by atoms with Crippen molar-refractivity contribution in [2.75, 3.05) is 6.61 Å². The van der Waals surface area contributed by atoms with Crippen LogP contribution in [-0.4, -0.2) is 18.7 Å². The molecule has 3 aromatic rings. The fourth-order valence-corrected chi connectivity index (χ4v) is 3.10. The Kier molecular flexibility index (Phi) is 6.79. The summed E-state index contributed by atoms with van der Waals surface area (Å²) in [6, 6.07) is 19.5. The summed E-state index contributed by atoms with van der Waals surface area (Å²) < 4.78 is 5.70. The van der Waals surface area contributed by atoms with Crippen molar-refractivity contribution in [3.05, 3.63) is 77.4 Å². The predicted molar refractivity (Wildman–Crippen MR) is 115 cm³/mol. The lowest BCUT2D eigenvalue weighted by Crippen LogP contribution is -2.19. The van der Waals surface area contributed by atoms with E-state index in [4.69, 9.17) is 4.74 Å². The van der Waals surface area contributed by atoms with Crippen molar-refractivity contribution in [2.24, 2.45) is 5.10 Å². The number of rotatable bonds is 8. The summed E-state index contributed by atoms with van der Waals surface area (Å²) in [4.78, 5) is 12.7. The Morgan fingerprint density at radius 2 is 1.82 bits per heavy atom. The molecule has 0 heterocycles. The number of nitrogens with zero attached hydrogens (tertiary/aromatic N) is 1. The lowest BCUT2D eigenvalue weighted by molar-refractivity contribution is 0.0956. The van der Waals surface area contributed by atoms with E-state index in [1.54, 1.807) is 6.21 Å². The molecule has 144 valence electrons. The van der Waals surface area contributed by atoms with Crippen molar-refractivity contribution < 1.29 is 9.53 Å². The maximum Gasteiger partial charge on any atom is 0.272 e. The molecule has 3 rings (SSSR count). The maximum atomic E-state index is 12.7. The second-order valence-electron chi connectivity index (χ2n) is 6.80. The van der Waals surface area contributed by atoms with E-state index < -0.39 is 0 Å². The highest BCUT2D eigenvalue weighted by molar-refractivity contribution is 6.08. The van der Waals surface area contributed by atoms with Crippen molar-refractivity contribution in [1.82, 2.24) is 5.43 Å². The number of hydrogen-bond donors (Lipinski definition) is 1. The minimum atomic E-state index is -0.207. The minimum absolute atomic E-state index is 0.207. The van der Waals surface area contributed by atoms with Gasteiger partial charge >= 0.3 is 0 Å². The van der Waals surface area contributed by atoms with E-state index in [9.17, 15) is 4.79 Å². The molecule has 0 saturated carbocycles. The molecular formula is C24H26N2O2. The molecule has 0 unspecified atom stereocenters. The number of benzene rings is 3. The summed E-state index contributed by atoms with van der Waals surface area (Å²) in [6.45, 7) is 4.85. The average molecular weight is 374 g/mol. The number of carbonyl (C=O) groups is 1. The molecule has 0 radical (unpaired) electrons. The van der Waals surface area contributed by atoms with Crippen LogP contribution in [-0.2, 0) is 0 Å². The van der Waals surface area contributed by atoms with Gasteiger partial charge in [0.25, 0.3) is 5.91 Å². The first-order valence-electron chi connectivity index (χ1n) is 9.73. The molecule has 0 aliphatic heterocycles. The third-order valence-electron chi connectivity index (χ3n) is 4.64. The number of amides is 1. The van der Waals surface area contributed by atoms with E-state index in [2.05, 4.69) is 17.5 Å². The van der Waals surface area contributed by atoms with Crippen molar-refractivity contribution in [3.8, 4) is 5.75 Å². The monoisotopic (exact) mass is 374 g/mol. The van der Waals surface area contributed by atoms with Crippen LogP contribution in [0.25, 0.3) is 10.8 Å². The van der Waals surface area contributed by atoms with E-state index in [0.717, 1.165) is 40.7 Å². The molecule has 0 aliphatic rings. The summed E-state index contributed by atoms with van der Waals surface area (Å²) in [5.41, 5.74) is 5.13. The molecule has 3 aromatic carbocycles. The zero-order valence-electron chi connectivity index (χ0n) is 16.4. The molecule has 0 fully saturated rings. The molecule has 0 aliphatic carbocycles. The molecular weight excluding hydrogens is 348 g/mol. The normalized spacial score (nSPS) is 11.1. The van der Waals surface area contributed by atoms with Crippen LogP contribution in [0.15, 0.2) is 65.8 Å². The Balaban J connectivity index is 1.62. The van der Waals surface area contributed by atoms with Crippen LogP contribution in [0.2, 0.25) is 0 Å². The number of hydrazone groups is 1. The van der Waals surface area contributed by atoms with Gasteiger partial charge < -0.3 is 4.74 Å². The van der Waals surface area contributed by atoms with Gasteiger partial charge in [-0.25, -0.2) is 5.43 Å². The first-order chi connectivity index (χ1) is 13.7. The van der Waals surface area contributed by atoms with Crippen molar-refractivity contribution in [2.45, 2.75) is 33.1 Å². The number of nitrogens with one attached hydrogen (secondary N) is 1. The van der Waals surface area contributed by atoms with Crippen LogP contribution < -0.4 is 10.2 Å². The van der Waals surface area contributed by atoms with Crippen LogP contribution in [0.1, 0.15) is 47.7 Å². The zero-order valence-corrected chi connectivity index (χ0v) is 16.4. The summed E-state index contributed by atoms with van der Waals surface area (Å²) in [5.74, 6) is 0.644. The number of aryl methyl sites for hydroxylation is 1. The van der Waals surface area contributed by atoms with Gasteiger partial charge in [0.2, 0.25) is 0 Å². The van der Waals surface area contributed by atoms with Crippen molar-refractivity contribution >= 4 is 22.9 Å². The maximum absolute atomic E-state index is 12.7. The van der Waals surface area contributed by atoms with E-state index >= 15 is 0 Å². The first-order valence-corrected chi connectivity index (χ1v) is 9.73. The molecule has 0 bridgehead atoms. The van der Waals surface area contributed by atoms with Crippen LogP contribution in [0, 0.1) is 6.92 Å².